The van der Waals surface area contributed by atoms with Crippen LogP contribution in [0.15, 0.2) is 24.3 Å². The minimum atomic E-state index is -0.906. The molecule has 0 aromatic heterocycles. The summed E-state index contributed by atoms with van der Waals surface area (Å²) in [5, 5.41) is 11.8. The molecule has 104 valence electrons. The van der Waals surface area contributed by atoms with Crippen LogP contribution in [0.25, 0.3) is 6.08 Å². The van der Waals surface area contributed by atoms with E-state index < -0.39 is 23.6 Å². The van der Waals surface area contributed by atoms with Gasteiger partial charge in [0, 0.05) is 6.54 Å². The molecular formula is C14H17F2NO2. The average Bonchev–Trinajstić information content (AvgIpc) is 2.32. The maximum Gasteiger partial charge on any atom is 0.320 e. The zero-order valence-electron chi connectivity index (χ0n) is 10.9. The van der Waals surface area contributed by atoms with Gasteiger partial charge in [0.15, 0.2) is 11.6 Å². The first kappa shape index (κ1) is 15.3. The van der Waals surface area contributed by atoms with Crippen LogP contribution in [0.3, 0.4) is 0 Å². The van der Waals surface area contributed by atoms with E-state index in [1.165, 1.54) is 6.07 Å². The number of nitrogens with one attached hydrogen (secondary N) is 1. The summed E-state index contributed by atoms with van der Waals surface area (Å²) in [6.07, 6.45) is 3.28. The van der Waals surface area contributed by atoms with E-state index >= 15 is 0 Å². The number of carboxylic acid groups (broad SMARTS) is 1. The van der Waals surface area contributed by atoms with Gasteiger partial charge in [-0.05, 0) is 23.6 Å². The van der Waals surface area contributed by atoms with Gasteiger partial charge in [0.05, 0.1) is 0 Å². The van der Waals surface area contributed by atoms with Gasteiger partial charge in [-0.15, -0.1) is 0 Å². The summed E-state index contributed by atoms with van der Waals surface area (Å²) in [5.74, 6) is -2.73. The first-order valence-electron chi connectivity index (χ1n) is 5.99. The fraction of sp³-hybridized carbons (Fsp3) is 0.357. The molecule has 1 aromatic carbocycles. The second-order valence-corrected chi connectivity index (χ2v) is 4.54. The lowest BCUT2D eigenvalue weighted by atomic mass is 10.1. The van der Waals surface area contributed by atoms with Gasteiger partial charge in [-0.3, -0.25) is 4.79 Å². The number of rotatable bonds is 6. The molecule has 0 saturated carbocycles. The summed E-state index contributed by atoms with van der Waals surface area (Å²) < 4.78 is 25.6. The average molecular weight is 269 g/mol. The number of aliphatic carboxylic acids is 1. The molecule has 0 unspecified atom stereocenters. The Morgan fingerprint density at radius 2 is 2.05 bits per heavy atom. The molecule has 0 spiro atoms. The maximum atomic E-state index is 12.9. The van der Waals surface area contributed by atoms with Gasteiger partial charge in [0.2, 0.25) is 0 Å². The summed E-state index contributed by atoms with van der Waals surface area (Å²) in [7, 11) is 0. The van der Waals surface area contributed by atoms with Gasteiger partial charge in [-0.25, -0.2) is 8.78 Å². The van der Waals surface area contributed by atoms with Crippen LogP contribution in [0.2, 0.25) is 0 Å². The Kier molecular flexibility index (Phi) is 5.63. The van der Waals surface area contributed by atoms with Gasteiger partial charge in [-0.2, -0.15) is 0 Å². The van der Waals surface area contributed by atoms with E-state index in [0.29, 0.717) is 12.1 Å². The Morgan fingerprint density at radius 1 is 1.37 bits per heavy atom. The van der Waals surface area contributed by atoms with E-state index in [0.717, 1.165) is 12.1 Å². The molecular weight excluding hydrogens is 252 g/mol. The van der Waals surface area contributed by atoms with Gasteiger partial charge in [0.1, 0.15) is 6.04 Å². The van der Waals surface area contributed by atoms with Crippen molar-refractivity contribution in [2.45, 2.75) is 19.9 Å². The lowest BCUT2D eigenvalue weighted by Gasteiger charge is -2.16. The molecule has 1 rings (SSSR count). The molecule has 0 amide bonds. The number of halogens is 2. The third kappa shape index (κ3) is 4.79. The number of carboxylic acids is 1. The molecule has 0 saturated heterocycles. The van der Waals surface area contributed by atoms with Gasteiger partial charge in [0.25, 0.3) is 0 Å². The SMILES string of the molecule is CC(C)[C@H](NC/C=C/c1ccc(F)c(F)c1)C(=O)O. The fourth-order valence-corrected chi connectivity index (χ4v) is 1.61. The third-order valence-corrected chi connectivity index (χ3v) is 2.64. The van der Waals surface area contributed by atoms with Crippen molar-refractivity contribution in [3.8, 4) is 0 Å². The topological polar surface area (TPSA) is 49.3 Å². The third-order valence-electron chi connectivity index (χ3n) is 2.64. The molecule has 0 bridgehead atoms. The molecule has 1 aromatic rings. The van der Waals surface area contributed by atoms with Gasteiger partial charge in [-0.1, -0.05) is 32.1 Å². The lowest BCUT2D eigenvalue weighted by molar-refractivity contribution is -0.140. The van der Waals surface area contributed by atoms with E-state index in [4.69, 9.17) is 5.11 Å². The van der Waals surface area contributed by atoms with Crippen molar-refractivity contribution in [2.75, 3.05) is 6.54 Å². The van der Waals surface area contributed by atoms with Crippen LogP contribution in [0.4, 0.5) is 8.78 Å². The van der Waals surface area contributed by atoms with Crippen molar-refractivity contribution in [1.29, 1.82) is 0 Å². The molecule has 19 heavy (non-hydrogen) atoms. The van der Waals surface area contributed by atoms with E-state index in [2.05, 4.69) is 5.32 Å². The molecule has 0 aliphatic rings. The molecule has 0 aliphatic heterocycles. The highest BCUT2D eigenvalue weighted by Gasteiger charge is 2.19. The largest absolute Gasteiger partial charge is 0.480 e. The maximum absolute atomic E-state index is 12.9. The molecule has 0 aliphatic carbocycles. The number of hydrogen-bond donors (Lipinski definition) is 2. The number of benzene rings is 1. The van der Waals surface area contributed by atoms with Crippen LogP contribution in [0.1, 0.15) is 19.4 Å². The highest BCUT2D eigenvalue weighted by Crippen LogP contribution is 2.09. The molecule has 0 radical (unpaired) electrons. The van der Waals surface area contributed by atoms with Crippen LogP contribution in [0, 0.1) is 17.6 Å². The Bertz CT molecular complexity index is 473. The smallest absolute Gasteiger partial charge is 0.320 e. The van der Waals surface area contributed by atoms with Crippen molar-refractivity contribution in [3.63, 3.8) is 0 Å². The monoisotopic (exact) mass is 269 g/mol. The molecule has 0 heterocycles. The Labute approximate surface area is 110 Å². The van der Waals surface area contributed by atoms with Crippen LogP contribution in [-0.4, -0.2) is 23.7 Å². The van der Waals surface area contributed by atoms with Crippen LogP contribution >= 0.6 is 0 Å². The first-order valence-corrected chi connectivity index (χ1v) is 5.99. The zero-order valence-corrected chi connectivity index (χ0v) is 10.9. The van der Waals surface area contributed by atoms with Crippen molar-refractivity contribution in [3.05, 3.63) is 41.5 Å². The number of carbonyl (C=O) groups is 1. The van der Waals surface area contributed by atoms with Gasteiger partial charge >= 0.3 is 5.97 Å². The lowest BCUT2D eigenvalue weighted by Crippen LogP contribution is -2.40. The molecule has 0 fully saturated rings. The summed E-state index contributed by atoms with van der Waals surface area (Å²) in [6, 6.07) is 2.96. The minimum absolute atomic E-state index is 0.0332. The summed E-state index contributed by atoms with van der Waals surface area (Å²) in [5.41, 5.74) is 0.525. The van der Waals surface area contributed by atoms with E-state index in [1.807, 2.05) is 13.8 Å². The quantitative estimate of drug-likeness (QED) is 0.834. The first-order chi connectivity index (χ1) is 8.91. The van der Waals surface area contributed by atoms with E-state index in [1.54, 1.807) is 12.2 Å². The van der Waals surface area contributed by atoms with Crippen molar-refractivity contribution in [2.24, 2.45) is 5.92 Å². The highest BCUT2D eigenvalue weighted by atomic mass is 19.2. The molecule has 3 nitrogen and oxygen atoms in total. The van der Waals surface area contributed by atoms with Crippen molar-refractivity contribution >= 4 is 12.0 Å². The van der Waals surface area contributed by atoms with E-state index in [9.17, 15) is 13.6 Å². The summed E-state index contributed by atoms with van der Waals surface area (Å²) in [4.78, 5) is 10.9. The second-order valence-electron chi connectivity index (χ2n) is 4.54. The van der Waals surface area contributed by atoms with E-state index in [-0.39, 0.29) is 5.92 Å². The summed E-state index contributed by atoms with van der Waals surface area (Å²) in [6.45, 7) is 3.96. The van der Waals surface area contributed by atoms with Crippen molar-refractivity contribution in [1.82, 2.24) is 5.32 Å². The molecule has 5 heteroatoms. The highest BCUT2D eigenvalue weighted by molar-refractivity contribution is 5.73. The van der Waals surface area contributed by atoms with Crippen LogP contribution in [-0.2, 0) is 4.79 Å². The normalized spacial score (nSPS) is 13.1. The Morgan fingerprint density at radius 3 is 2.58 bits per heavy atom. The minimum Gasteiger partial charge on any atom is -0.480 e. The summed E-state index contributed by atoms with van der Waals surface area (Å²) >= 11 is 0. The molecule has 1 atom stereocenters. The predicted molar refractivity (Wildman–Crippen MR) is 69.7 cm³/mol. The Balaban J connectivity index is 2.54. The van der Waals surface area contributed by atoms with Gasteiger partial charge < -0.3 is 10.4 Å². The number of hydrogen-bond acceptors (Lipinski definition) is 2. The Hall–Kier alpha value is -1.75. The zero-order chi connectivity index (χ0) is 14.4. The predicted octanol–water partition coefficient (Wildman–Crippen LogP) is 2.68. The fourth-order valence-electron chi connectivity index (χ4n) is 1.61. The van der Waals surface area contributed by atoms with Crippen LogP contribution < -0.4 is 5.32 Å². The van der Waals surface area contributed by atoms with Crippen molar-refractivity contribution < 1.29 is 18.7 Å². The standard InChI is InChI=1S/C14H17F2NO2/c1-9(2)13(14(18)19)17-7-3-4-10-5-6-11(15)12(16)8-10/h3-6,8-9,13,17H,7H2,1-2H3,(H,18,19)/b4-3+/t13-/m0/s1. The van der Waals surface area contributed by atoms with Crippen LogP contribution in [0.5, 0.6) is 0 Å². The molecule has 2 N–H and O–H groups in total. The second kappa shape index (κ2) is 6.99.